The van der Waals surface area contributed by atoms with E-state index in [1.54, 1.807) is 30.8 Å². The molecule has 1 N–H and O–H groups in total. The summed E-state index contributed by atoms with van der Waals surface area (Å²) in [7, 11) is 0.290. The fourth-order valence-corrected chi connectivity index (χ4v) is 4.56. The van der Waals surface area contributed by atoms with E-state index >= 15 is 0 Å². The number of sulfonamides is 1. The van der Waals surface area contributed by atoms with Crippen LogP contribution in [0.3, 0.4) is 0 Å². The summed E-state index contributed by atoms with van der Waals surface area (Å²) >= 11 is 1.62. The number of benzene rings is 1. The van der Waals surface area contributed by atoms with Crippen LogP contribution in [0.2, 0.25) is 0 Å². The normalized spacial score (nSPS) is 16.1. The van der Waals surface area contributed by atoms with Crippen LogP contribution in [0, 0.1) is 5.92 Å². The molecule has 0 aromatic heterocycles. The van der Waals surface area contributed by atoms with Crippen molar-refractivity contribution in [1.82, 2.24) is 14.5 Å². The van der Waals surface area contributed by atoms with Crippen LogP contribution in [0.5, 0.6) is 5.75 Å². The largest absolute Gasteiger partial charge is 0.496 e. The Morgan fingerprint density at radius 1 is 1.37 bits per heavy atom. The lowest BCUT2D eigenvalue weighted by atomic mass is 9.98. The molecule has 2 amide bonds. The summed E-state index contributed by atoms with van der Waals surface area (Å²) in [6.45, 7) is 2.10. The second-order valence-electron chi connectivity index (χ2n) is 6.84. The zero-order valence-corrected chi connectivity index (χ0v) is 18.0. The predicted octanol–water partition coefficient (Wildman–Crippen LogP) is 2.23. The molecule has 0 bridgehead atoms. The minimum absolute atomic E-state index is 0.131. The number of ether oxygens (including phenoxy) is 1. The van der Waals surface area contributed by atoms with Gasteiger partial charge in [0.15, 0.2) is 0 Å². The molecule has 0 unspecified atom stereocenters. The summed E-state index contributed by atoms with van der Waals surface area (Å²) in [5, 5.41) is 2.96. The standard InChI is InChI=1S/C18H29N3O4S2/c1-20(13-15-5-6-17(26-3)16(11-15)25-2)18(22)19-12-14-7-9-21(10-8-14)27(4,23)24/h5-6,11,14H,7-10,12-13H2,1-4H3,(H,19,22). The van der Waals surface area contributed by atoms with Crippen LogP contribution in [-0.2, 0) is 16.6 Å². The van der Waals surface area contributed by atoms with E-state index in [-0.39, 0.29) is 6.03 Å². The zero-order chi connectivity index (χ0) is 20.0. The van der Waals surface area contributed by atoms with Crippen molar-refractivity contribution in [2.75, 3.05) is 46.3 Å². The minimum Gasteiger partial charge on any atom is -0.496 e. The van der Waals surface area contributed by atoms with E-state index in [2.05, 4.69) is 5.32 Å². The molecule has 27 heavy (non-hydrogen) atoms. The fraction of sp³-hybridized carbons (Fsp3) is 0.611. The Morgan fingerprint density at radius 3 is 2.59 bits per heavy atom. The van der Waals surface area contributed by atoms with Crippen molar-refractivity contribution in [2.45, 2.75) is 24.3 Å². The highest BCUT2D eigenvalue weighted by atomic mass is 32.2. The van der Waals surface area contributed by atoms with Gasteiger partial charge in [0.05, 0.1) is 13.4 Å². The molecule has 0 radical (unpaired) electrons. The molecule has 7 nitrogen and oxygen atoms in total. The van der Waals surface area contributed by atoms with Crippen LogP contribution in [0.4, 0.5) is 4.79 Å². The van der Waals surface area contributed by atoms with Crippen molar-refractivity contribution in [3.8, 4) is 5.75 Å². The summed E-state index contributed by atoms with van der Waals surface area (Å²) in [6.07, 6.45) is 4.77. The smallest absolute Gasteiger partial charge is 0.317 e. The summed E-state index contributed by atoms with van der Waals surface area (Å²) in [5.41, 5.74) is 1.00. The van der Waals surface area contributed by atoms with Gasteiger partial charge in [0.2, 0.25) is 10.0 Å². The minimum atomic E-state index is -3.11. The van der Waals surface area contributed by atoms with Gasteiger partial charge in [-0.05, 0) is 42.7 Å². The Balaban J connectivity index is 1.81. The molecule has 2 rings (SSSR count). The Morgan fingerprint density at radius 2 is 2.04 bits per heavy atom. The topological polar surface area (TPSA) is 79.0 Å². The van der Waals surface area contributed by atoms with E-state index in [1.165, 1.54) is 10.6 Å². The van der Waals surface area contributed by atoms with Gasteiger partial charge in [0, 0.05) is 38.1 Å². The third-order valence-electron chi connectivity index (χ3n) is 4.80. The first-order chi connectivity index (χ1) is 12.7. The average molecular weight is 416 g/mol. The number of carbonyl (C=O) groups excluding carboxylic acids is 1. The lowest BCUT2D eigenvalue weighted by molar-refractivity contribution is 0.200. The van der Waals surface area contributed by atoms with Gasteiger partial charge in [-0.15, -0.1) is 11.8 Å². The first-order valence-corrected chi connectivity index (χ1v) is 12.0. The Hall–Kier alpha value is -1.45. The number of nitrogens with zero attached hydrogens (tertiary/aromatic N) is 2. The van der Waals surface area contributed by atoms with E-state index < -0.39 is 10.0 Å². The van der Waals surface area contributed by atoms with Crippen LogP contribution in [-0.4, -0.2) is 70.0 Å². The van der Waals surface area contributed by atoms with Crippen LogP contribution < -0.4 is 10.1 Å². The van der Waals surface area contributed by atoms with Gasteiger partial charge in [0.1, 0.15) is 5.75 Å². The molecule has 1 aromatic rings. The zero-order valence-electron chi connectivity index (χ0n) is 16.4. The summed E-state index contributed by atoms with van der Waals surface area (Å²) in [6, 6.07) is 5.82. The van der Waals surface area contributed by atoms with Crippen molar-refractivity contribution in [3.63, 3.8) is 0 Å². The molecule has 1 fully saturated rings. The Labute approximate surface area is 166 Å². The highest BCUT2D eigenvalue weighted by Crippen LogP contribution is 2.28. The van der Waals surface area contributed by atoms with Crippen molar-refractivity contribution < 1.29 is 17.9 Å². The molecule has 1 heterocycles. The molecule has 1 saturated heterocycles. The number of methoxy groups -OCH3 is 1. The molecule has 0 saturated carbocycles. The molecule has 152 valence electrons. The van der Waals surface area contributed by atoms with Gasteiger partial charge >= 0.3 is 6.03 Å². The van der Waals surface area contributed by atoms with Crippen LogP contribution in [0.25, 0.3) is 0 Å². The maximum Gasteiger partial charge on any atom is 0.317 e. The molecular weight excluding hydrogens is 386 g/mol. The molecule has 1 aliphatic rings. The van der Waals surface area contributed by atoms with E-state index in [0.717, 1.165) is 29.1 Å². The third-order valence-corrected chi connectivity index (χ3v) is 6.88. The molecule has 1 aromatic carbocycles. The number of nitrogens with one attached hydrogen (secondary N) is 1. The third kappa shape index (κ3) is 6.29. The summed E-state index contributed by atoms with van der Waals surface area (Å²) < 4.78 is 30.0. The lowest BCUT2D eigenvalue weighted by Gasteiger charge is -2.30. The number of rotatable bonds is 7. The van der Waals surface area contributed by atoms with Crippen molar-refractivity contribution >= 4 is 27.8 Å². The molecule has 1 aliphatic heterocycles. The number of amides is 2. The van der Waals surface area contributed by atoms with Crippen LogP contribution >= 0.6 is 11.8 Å². The van der Waals surface area contributed by atoms with Gasteiger partial charge in [-0.1, -0.05) is 6.07 Å². The summed E-state index contributed by atoms with van der Waals surface area (Å²) in [5.74, 6) is 1.12. The molecule has 0 spiro atoms. The Kier molecular flexibility index (Phi) is 7.81. The SMILES string of the molecule is COc1cc(CN(C)C(=O)NCC2CCN(S(C)(=O)=O)CC2)ccc1SC. The van der Waals surface area contributed by atoms with Crippen molar-refractivity contribution in [1.29, 1.82) is 0 Å². The fourth-order valence-electron chi connectivity index (χ4n) is 3.14. The maximum absolute atomic E-state index is 12.4. The van der Waals surface area contributed by atoms with E-state index in [9.17, 15) is 13.2 Å². The van der Waals surface area contributed by atoms with Gasteiger partial charge in [-0.25, -0.2) is 17.5 Å². The first kappa shape index (κ1) is 21.8. The summed E-state index contributed by atoms with van der Waals surface area (Å²) in [4.78, 5) is 15.1. The van der Waals surface area contributed by atoms with Crippen molar-refractivity contribution in [2.24, 2.45) is 5.92 Å². The average Bonchev–Trinajstić information content (AvgIpc) is 2.65. The first-order valence-electron chi connectivity index (χ1n) is 8.89. The molecule has 0 atom stereocenters. The van der Waals surface area contributed by atoms with Gasteiger partial charge < -0.3 is 15.0 Å². The number of thioether (sulfide) groups is 1. The Bertz CT molecular complexity index is 747. The van der Waals surface area contributed by atoms with E-state index in [4.69, 9.17) is 4.74 Å². The number of hydrogen-bond acceptors (Lipinski definition) is 5. The van der Waals surface area contributed by atoms with Gasteiger partial charge in [-0.3, -0.25) is 0 Å². The van der Waals surface area contributed by atoms with Gasteiger partial charge in [0.25, 0.3) is 0 Å². The number of urea groups is 1. The molecular formula is C18H29N3O4S2. The number of carbonyl (C=O) groups is 1. The van der Waals surface area contributed by atoms with Gasteiger partial charge in [-0.2, -0.15) is 0 Å². The number of piperidine rings is 1. The predicted molar refractivity (Wildman–Crippen MR) is 109 cm³/mol. The van der Waals surface area contributed by atoms with E-state index in [1.807, 2.05) is 24.5 Å². The second kappa shape index (κ2) is 9.66. The van der Waals surface area contributed by atoms with E-state index in [0.29, 0.717) is 32.1 Å². The lowest BCUT2D eigenvalue weighted by Crippen LogP contribution is -2.43. The highest BCUT2D eigenvalue weighted by Gasteiger charge is 2.25. The quantitative estimate of drug-likeness (QED) is 0.691. The molecule has 9 heteroatoms. The maximum atomic E-state index is 12.4. The monoisotopic (exact) mass is 415 g/mol. The van der Waals surface area contributed by atoms with Crippen LogP contribution in [0.1, 0.15) is 18.4 Å². The number of hydrogen-bond donors (Lipinski definition) is 1. The van der Waals surface area contributed by atoms with Crippen molar-refractivity contribution in [3.05, 3.63) is 23.8 Å². The van der Waals surface area contributed by atoms with Crippen LogP contribution in [0.15, 0.2) is 23.1 Å². The second-order valence-corrected chi connectivity index (χ2v) is 9.67. The molecule has 0 aliphatic carbocycles. The highest BCUT2D eigenvalue weighted by molar-refractivity contribution is 7.98.